The molecule has 0 fully saturated rings. The second-order valence-corrected chi connectivity index (χ2v) is 4.29. The Labute approximate surface area is 99.2 Å². The smallest absolute Gasteiger partial charge is 0.260 e. The molecule has 1 aromatic carbocycles. The van der Waals surface area contributed by atoms with Gasteiger partial charge < -0.3 is 14.9 Å². The van der Waals surface area contributed by atoms with Crippen molar-refractivity contribution in [2.45, 2.75) is 25.7 Å². The number of aliphatic hydroxyl groups excluding tert-OH is 1. The zero-order chi connectivity index (χ0) is 12.8. The third-order valence-electron chi connectivity index (χ3n) is 2.96. The van der Waals surface area contributed by atoms with Gasteiger partial charge in [0.05, 0.1) is 0 Å². The molecule has 0 radical (unpaired) electrons. The van der Waals surface area contributed by atoms with E-state index in [1.54, 1.807) is 19.1 Å². The van der Waals surface area contributed by atoms with E-state index >= 15 is 0 Å². The SMILES string of the molecule is C=C(C)C1(O)Oc2ccc(C(C)=O)cc2C1O. The lowest BCUT2D eigenvalue weighted by Crippen LogP contribution is -2.38. The first-order valence-electron chi connectivity index (χ1n) is 5.26. The van der Waals surface area contributed by atoms with Crippen molar-refractivity contribution >= 4 is 5.78 Å². The highest BCUT2D eigenvalue weighted by Crippen LogP contribution is 2.45. The summed E-state index contributed by atoms with van der Waals surface area (Å²) in [6.07, 6.45) is -1.23. The molecule has 1 aliphatic rings. The Morgan fingerprint density at radius 3 is 2.65 bits per heavy atom. The molecular weight excluding hydrogens is 220 g/mol. The van der Waals surface area contributed by atoms with Gasteiger partial charge in [-0.05, 0) is 37.6 Å². The van der Waals surface area contributed by atoms with Crippen LogP contribution in [0.3, 0.4) is 0 Å². The lowest BCUT2D eigenvalue weighted by atomic mass is 9.97. The molecule has 1 aromatic rings. The van der Waals surface area contributed by atoms with Crippen molar-refractivity contribution < 1.29 is 19.7 Å². The third kappa shape index (κ3) is 1.66. The van der Waals surface area contributed by atoms with E-state index in [2.05, 4.69) is 6.58 Å². The molecule has 0 saturated heterocycles. The highest BCUT2D eigenvalue weighted by molar-refractivity contribution is 5.94. The van der Waals surface area contributed by atoms with Crippen LogP contribution in [-0.2, 0) is 0 Å². The second kappa shape index (κ2) is 3.68. The minimum atomic E-state index is -1.81. The first-order chi connectivity index (χ1) is 7.86. The summed E-state index contributed by atoms with van der Waals surface area (Å²) in [5.41, 5.74) is 1.19. The van der Waals surface area contributed by atoms with Crippen LogP contribution in [0, 0.1) is 0 Å². The van der Waals surface area contributed by atoms with Crippen LogP contribution >= 0.6 is 0 Å². The van der Waals surface area contributed by atoms with Gasteiger partial charge in [0.2, 0.25) is 0 Å². The molecule has 0 spiro atoms. The number of carbonyl (C=O) groups excluding carboxylic acids is 1. The Morgan fingerprint density at radius 2 is 2.12 bits per heavy atom. The van der Waals surface area contributed by atoms with E-state index < -0.39 is 11.9 Å². The van der Waals surface area contributed by atoms with E-state index in [9.17, 15) is 15.0 Å². The average Bonchev–Trinajstić information content (AvgIpc) is 2.52. The number of ketones is 1. The normalized spacial score (nSPS) is 26.2. The minimum Gasteiger partial charge on any atom is -0.455 e. The molecule has 0 amide bonds. The molecular formula is C13H14O4. The fourth-order valence-corrected chi connectivity index (χ4v) is 1.83. The van der Waals surface area contributed by atoms with Crippen molar-refractivity contribution in [1.82, 2.24) is 0 Å². The summed E-state index contributed by atoms with van der Waals surface area (Å²) < 4.78 is 5.30. The highest BCUT2D eigenvalue weighted by Gasteiger charge is 2.47. The predicted molar refractivity (Wildman–Crippen MR) is 61.8 cm³/mol. The summed E-state index contributed by atoms with van der Waals surface area (Å²) in [7, 11) is 0. The lowest BCUT2D eigenvalue weighted by molar-refractivity contribution is -0.159. The first-order valence-corrected chi connectivity index (χ1v) is 5.26. The van der Waals surface area contributed by atoms with E-state index in [-0.39, 0.29) is 5.78 Å². The van der Waals surface area contributed by atoms with E-state index in [0.29, 0.717) is 22.4 Å². The molecule has 2 rings (SSSR count). The van der Waals surface area contributed by atoms with Gasteiger partial charge in [-0.1, -0.05) is 6.58 Å². The topological polar surface area (TPSA) is 66.8 Å². The minimum absolute atomic E-state index is 0.106. The quantitative estimate of drug-likeness (QED) is 0.602. The Kier molecular flexibility index (Phi) is 2.56. The maximum Gasteiger partial charge on any atom is 0.260 e. The van der Waals surface area contributed by atoms with Gasteiger partial charge in [0, 0.05) is 11.1 Å². The van der Waals surface area contributed by atoms with Gasteiger partial charge >= 0.3 is 0 Å². The summed E-state index contributed by atoms with van der Waals surface area (Å²) in [5, 5.41) is 20.2. The van der Waals surface area contributed by atoms with E-state index in [1.165, 1.54) is 13.0 Å². The Bertz CT molecular complexity index is 506. The summed E-state index contributed by atoms with van der Waals surface area (Å²) in [5.74, 6) is -1.55. The lowest BCUT2D eigenvalue weighted by Gasteiger charge is -2.25. The molecule has 2 atom stereocenters. The standard InChI is InChI=1S/C13H14O4/c1-7(2)13(16)12(15)10-6-9(8(3)14)4-5-11(10)17-13/h4-6,12,15-16H,1H2,2-3H3. The van der Waals surface area contributed by atoms with Crippen LogP contribution < -0.4 is 4.74 Å². The van der Waals surface area contributed by atoms with Gasteiger partial charge in [-0.25, -0.2) is 0 Å². The van der Waals surface area contributed by atoms with E-state index in [1.807, 2.05) is 0 Å². The zero-order valence-corrected chi connectivity index (χ0v) is 9.73. The highest BCUT2D eigenvalue weighted by atomic mass is 16.6. The number of rotatable bonds is 2. The van der Waals surface area contributed by atoms with Crippen molar-refractivity contribution in [3.8, 4) is 5.75 Å². The van der Waals surface area contributed by atoms with E-state index in [4.69, 9.17) is 4.74 Å². The van der Waals surface area contributed by atoms with Crippen molar-refractivity contribution in [3.05, 3.63) is 41.5 Å². The van der Waals surface area contributed by atoms with Crippen LogP contribution in [0.25, 0.3) is 0 Å². The summed E-state index contributed by atoms with van der Waals surface area (Å²) in [6.45, 7) is 6.61. The van der Waals surface area contributed by atoms with Crippen LogP contribution in [-0.4, -0.2) is 21.8 Å². The number of ether oxygens (including phenoxy) is 1. The summed E-state index contributed by atoms with van der Waals surface area (Å²) >= 11 is 0. The molecule has 17 heavy (non-hydrogen) atoms. The molecule has 4 nitrogen and oxygen atoms in total. The zero-order valence-electron chi connectivity index (χ0n) is 9.73. The predicted octanol–water partition coefficient (Wildman–Crippen LogP) is 1.58. The number of carbonyl (C=O) groups is 1. The van der Waals surface area contributed by atoms with Gasteiger partial charge in [-0.2, -0.15) is 0 Å². The third-order valence-corrected chi connectivity index (χ3v) is 2.96. The molecule has 0 saturated carbocycles. The summed E-state index contributed by atoms with van der Waals surface area (Å²) in [4.78, 5) is 11.2. The molecule has 0 bridgehead atoms. The molecule has 2 N–H and O–H groups in total. The number of hydrogen-bond donors (Lipinski definition) is 2. The van der Waals surface area contributed by atoms with Crippen molar-refractivity contribution in [1.29, 1.82) is 0 Å². The van der Waals surface area contributed by atoms with E-state index in [0.717, 1.165) is 0 Å². The summed E-state index contributed by atoms with van der Waals surface area (Å²) in [6, 6.07) is 4.69. The molecule has 0 aliphatic carbocycles. The number of hydrogen-bond acceptors (Lipinski definition) is 4. The first kappa shape index (κ1) is 11.8. The fraction of sp³-hybridized carbons (Fsp3) is 0.308. The van der Waals surface area contributed by atoms with Crippen LogP contribution in [0.15, 0.2) is 30.4 Å². The molecule has 0 aromatic heterocycles. The van der Waals surface area contributed by atoms with Crippen molar-refractivity contribution in [2.75, 3.05) is 0 Å². The molecule has 4 heteroatoms. The molecule has 90 valence electrons. The maximum absolute atomic E-state index is 11.2. The van der Waals surface area contributed by atoms with Crippen LogP contribution in [0.1, 0.15) is 35.9 Å². The van der Waals surface area contributed by atoms with Crippen LogP contribution in [0.5, 0.6) is 5.75 Å². The number of fused-ring (bicyclic) bond motifs is 1. The number of benzene rings is 1. The van der Waals surface area contributed by atoms with Crippen LogP contribution in [0.4, 0.5) is 0 Å². The van der Waals surface area contributed by atoms with Gasteiger partial charge in [0.25, 0.3) is 5.79 Å². The van der Waals surface area contributed by atoms with Gasteiger partial charge in [0.1, 0.15) is 5.75 Å². The van der Waals surface area contributed by atoms with Crippen molar-refractivity contribution in [2.24, 2.45) is 0 Å². The largest absolute Gasteiger partial charge is 0.455 e. The molecule has 1 heterocycles. The Hall–Kier alpha value is -1.65. The van der Waals surface area contributed by atoms with Gasteiger partial charge in [-0.3, -0.25) is 4.79 Å². The maximum atomic E-state index is 11.2. The van der Waals surface area contributed by atoms with Gasteiger partial charge in [0.15, 0.2) is 11.9 Å². The second-order valence-electron chi connectivity index (χ2n) is 4.29. The fourth-order valence-electron chi connectivity index (χ4n) is 1.83. The number of aliphatic hydroxyl groups is 2. The Balaban J connectivity index is 2.49. The monoisotopic (exact) mass is 234 g/mol. The number of Topliss-reactive ketones (excluding diaryl/α,β-unsaturated/α-hetero) is 1. The molecule has 2 unspecified atom stereocenters. The van der Waals surface area contributed by atoms with Crippen molar-refractivity contribution in [3.63, 3.8) is 0 Å². The Morgan fingerprint density at radius 1 is 1.47 bits per heavy atom. The van der Waals surface area contributed by atoms with Crippen LogP contribution in [0.2, 0.25) is 0 Å². The van der Waals surface area contributed by atoms with Gasteiger partial charge in [-0.15, -0.1) is 0 Å². The molecule has 1 aliphatic heterocycles. The average molecular weight is 234 g/mol.